The molecule has 2 aromatic heterocycles. The molecule has 14 nitrogen and oxygen atoms in total. The summed E-state index contributed by atoms with van der Waals surface area (Å²) in [6.07, 6.45) is 3.93. The molecule has 0 fully saturated rings. The molecule has 12 aromatic carbocycles. The molecular weight excluding hydrogens is 1400 g/mol. The van der Waals surface area contributed by atoms with Crippen molar-refractivity contribution >= 4 is 124 Å². The monoisotopic (exact) mass is 1480 g/mol. The molecule has 0 N–H and O–H groups in total. The summed E-state index contributed by atoms with van der Waals surface area (Å²) in [5.74, 6) is 1.15. The Labute approximate surface area is 635 Å². The lowest BCUT2D eigenvalue weighted by atomic mass is 9.87. The normalized spacial score (nSPS) is 13.0. The van der Waals surface area contributed by atoms with Gasteiger partial charge in [0.2, 0.25) is 0 Å². The molecule has 0 saturated heterocycles. The number of ether oxygens (including phenoxy) is 6. The Balaban J connectivity index is 0.884. The molecule has 3 heterocycles. The van der Waals surface area contributed by atoms with Crippen LogP contribution in [0.1, 0.15) is 142 Å². The second-order valence-electron chi connectivity index (χ2n) is 31.4. The van der Waals surface area contributed by atoms with Crippen molar-refractivity contribution in [3.05, 3.63) is 215 Å². The average molecular weight is 1480 g/mol. The summed E-state index contributed by atoms with van der Waals surface area (Å²) in [6.45, 7) is 30.9. The lowest BCUT2D eigenvalue weighted by molar-refractivity contribution is -0.146. The van der Waals surface area contributed by atoms with Gasteiger partial charge in [0.1, 0.15) is 47.6 Å². The number of hydrogen-bond acceptors (Lipinski definition) is 16. The molecule has 1 aliphatic heterocycles. The van der Waals surface area contributed by atoms with E-state index in [0.717, 1.165) is 72.5 Å². The molecule has 0 amide bonds. The van der Waals surface area contributed by atoms with Gasteiger partial charge in [-0.3, -0.25) is 0 Å². The predicted molar refractivity (Wildman–Crippen MR) is 429 cm³/mol. The number of esters is 2. The highest BCUT2D eigenvalue weighted by molar-refractivity contribution is 8.01. The summed E-state index contributed by atoms with van der Waals surface area (Å²) in [7, 11) is 0. The lowest BCUT2D eigenvalue weighted by Gasteiger charge is -2.28. The van der Waals surface area contributed by atoms with E-state index in [9.17, 15) is 9.59 Å². The smallest absolute Gasteiger partial charge is 0.344 e. The molecule has 0 unspecified atom stereocenters. The molecule has 14 aromatic rings. The quantitative estimate of drug-likeness (QED) is 0.0591. The third kappa shape index (κ3) is 14.8. The molecule has 540 valence electrons. The van der Waals surface area contributed by atoms with Crippen LogP contribution in [0.4, 0.5) is 0 Å². The summed E-state index contributed by atoms with van der Waals surface area (Å²) in [6, 6.07) is 57.0. The number of aromatic nitrogens is 6. The van der Waals surface area contributed by atoms with Gasteiger partial charge in [0.25, 0.3) is 0 Å². The first-order valence-corrected chi connectivity index (χ1v) is 39.3. The molecule has 0 spiro atoms. The van der Waals surface area contributed by atoms with Gasteiger partial charge in [-0.2, -0.15) is 0 Å². The minimum absolute atomic E-state index is 0.0598. The highest BCUT2D eigenvalue weighted by Gasteiger charge is 2.32. The molecule has 15 rings (SSSR count). The number of carbonyl (C=O) groups is 2. The van der Waals surface area contributed by atoms with Crippen LogP contribution in [0, 0.1) is 0 Å². The maximum absolute atomic E-state index is 13.8. The van der Waals surface area contributed by atoms with Crippen molar-refractivity contribution in [1.82, 2.24) is 30.0 Å². The lowest BCUT2D eigenvalue weighted by Crippen LogP contribution is -2.17. The molecule has 0 atom stereocenters. The summed E-state index contributed by atoms with van der Waals surface area (Å²) < 4.78 is 43.6. The number of hydrogen-bond donors (Lipinski definition) is 0. The van der Waals surface area contributed by atoms with Gasteiger partial charge in [-0.1, -0.05) is 250 Å². The summed E-state index contributed by atoms with van der Waals surface area (Å²) in [5.41, 5.74) is 6.13. The molecule has 0 radical (unpaired) electrons. The van der Waals surface area contributed by atoms with Gasteiger partial charge >= 0.3 is 11.9 Å². The van der Waals surface area contributed by atoms with E-state index in [2.05, 4.69) is 241 Å². The van der Waals surface area contributed by atoms with Crippen molar-refractivity contribution in [2.24, 2.45) is 0 Å². The standard InChI is InChI=1S/C88H86N6O8S4/c1-15-97-75(95)49-101-83-71-39-61(87(9,10)11)40-72(83)104-68-36-60(86(6,7)8)38-70(82(68)100-48-64-46-94(92-90-64)44-58-30-28-56-26-24-52-20-18-22-54-32-34-66(58)80(56)78(52)54)106-74-42-62(88(12,13)14)41-73(84(74)102-50-76(96)98-16-2)105-69-37-59(85(3,4)5)35-67(103-71)81(69)99-47-63-45-93(91-89-63)43-57-29-27-55-25-23-51-19-17-21-53-31-33-65(57)79(55)77(51)53/h17-42,45-46H,15-16,43-44,47-50H2,1-14H3. The number of carbonyl (C=O) groups excluding carboxylic acids is 2. The van der Waals surface area contributed by atoms with Gasteiger partial charge in [0.05, 0.1) is 77.9 Å². The predicted octanol–water partition coefficient (Wildman–Crippen LogP) is 21.9. The Kier molecular flexibility index (Phi) is 19.5. The third-order valence-electron chi connectivity index (χ3n) is 19.5. The molecule has 8 bridgehead atoms. The van der Waals surface area contributed by atoms with Crippen LogP contribution >= 0.6 is 47.0 Å². The Hall–Kier alpha value is -9.46. The van der Waals surface area contributed by atoms with Crippen LogP contribution in [0.2, 0.25) is 0 Å². The van der Waals surface area contributed by atoms with Crippen LogP contribution in [-0.4, -0.2) is 68.4 Å². The van der Waals surface area contributed by atoms with Gasteiger partial charge < -0.3 is 28.4 Å². The van der Waals surface area contributed by atoms with Crippen molar-refractivity contribution in [3.63, 3.8) is 0 Å². The second-order valence-corrected chi connectivity index (χ2v) is 35.7. The fourth-order valence-electron chi connectivity index (χ4n) is 13.8. The van der Waals surface area contributed by atoms with Gasteiger partial charge in [-0.15, -0.1) is 10.2 Å². The van der Waals surface area contributed by atoms with Crippen molar-refractivity contribution in [1.29, 1.82) is 0 Å². The minimum Gasteiger partial charge on any atom is -0.485 e. The van der Waals surface area contributed by atoms with Gasteiger partial charge in [-0.25, -0.2) is 19.0 Å². The van der Waals surface area contributed by atoms with E-state index >= 15 is 0 Å². The summed E-state index contributed by atoms with van der Waals surface area (Å²) in [4.78, 5) is 33.7. The van der Waals surface area contributed by atoms with Crippen LogP contribution in [0.5, 0.6) is 23.0 Å². The van der Waals surface area contributed by atoms with Crippen molar-refractivity contribution in [2.75, 3.05) is 26.4 Å². The number of benzene rings is 12. The van der Waals surface area contributed by atoms with E-state index in [1.165, 1.54) is 112 Å². The first-order valence-electron chi connectivity index (χ1n) is 36.1. The van der Waals surface area contributed by atoms with Crippen LogP contribution in [0.15, 0.2) is 209 Å². The second kappa shape index (κ2) is 28.7. The average Bonchev–Trinajstić information content (AvgIpc) is 0.809. The van der Waals surface area contributed by atoms with E-state index in [1.54, 1.807) is 13.8 Å². The Morgan fingerprint density at radius 2 is 0.632 bits per heavy atom. The largest absolute Gasteiger partial charge is 0.485 e. The Bertz CT molecular complexity index is 5240. The highest BCUT2D eigenvalue weighted by Crippen LogP contribution is 2.57. The van der Waals surface area contributed by atoms with Crippen LogP contribution in [0.3, 0.4) is 0 Å². The first kappa shape index (κ1) is 72.1. The Morgan fingerprint density at radius 1 is 0.358 bits per heavy atom. The molecule has 0 aliphatic carbocycles. The molecule has 18 heteroatoms. The fraction of sp³-hybridized carbons (Fsp3) is 0.295. The van der Waals surface area contributed by atoms with E-state index in [1.807, 2.05) is 21.8 Å². The zero-order valence-corrected chi connectivity index (χ0v) is 65.7. The van der Waals surface area contributed by atoms with Crippen LogP contribution in [0.25, 0.3) is 64.6 Å². The number of fused-ring (bicyclic) bond motifs is 8. The fourth-order valence-corrected chi connectivity index (χ4v) is 18.6. The molecule has 0 saturated carbocycles. The van der Waals surface area contributed by atoms with E-state index in [4.69, 9.17) is 49.0 Å². The zero-order valence-electron chi connectivity index (χ0n) is 62.4. The SMILES string of the molecule is CCOC(=O)COc1c2cc(C(C)(C)C)cc1Sc1cc(C(C)(C)C)cc(c1OCc1cn(Cc3ccc4ccc5cccc6ccc3c4c56)nn1)Sc1cc(C(C)(C)C)cc(c1OCC(=O)OCC)Sc1cc(C(C)(C)C)cc(c1OCc1cn(Cc3ccc4ccc5cccc6ccc3c4c56)nn1)S2. The molecular formula is C88H86N6O8S4. The van der Waals surface area contributed by atoms with E-state index < -0.39 is 11.9 Å². The van der Waals surface area contributed by atoms with E-state index in [0.29, 0.717) is 47.5 Å². The number of rotatable bonds is 18. The topological polar surface area (TPSA) is 151 Å². The molecule has 106 heavy (non-hydrogen) atoms. The summed E-state index contributed by atoms with van der Waals surface area (Å²) >= 11 is 6.06. The van der Waals surface area contributed by atoms with Crippen LogP contribution < -0.4 is 18.9 Å². The number of nitrogens with zero attached hydrogens (tertiary/aromatic N) is 6. The third-order valence-corrected chi connectivity index (χ3v) is 23.7. The van der Waals surface area contributed by atoms with Gasteiger partial charge in [0, 0.05) is 0 Å². The van der Waals surface area contributed by atoms with Gasteiger partial charge in [0.15, 0.2) is 13.2 Å². The zero-order chi connectivity index (χ0) is 74.1. The Morgan fingerprint density at radius 3 is 0.925 bits per heavy atom. The molecule has 1 aliphatic rings. The van der Waals surface area contributed by atoms with Gasteiger partial charge in [-0.05, 0) is 182 Å². The summed E-state index contributed by atoms with van der Waals surface area (Å²) in [5, 5.41) is 33.6. The van der Waals surface area contributed by atoms with Crippen molar-refractivity contribution in [3.8, 4) is 23.0 Å². The van der Waals surface area contributed by atoms with E-state index in [-0.39, 0.29) is 61.3 Å². The maximum Gasteiger partial charge on any atom is 0.344 e. The maximum atomic E-state index is 13.8. The first-order chi connectivity index (χ1) is 50.7. The van der Waals surface area contributed by atoms with Crippen molar-refractivity contribution < 1.29 is 38.0 Å². The minimum atomic E-state index is -0.498. The van der Waals surface area contributed by atoms with Crippen LogP contribution in [-0.2, 0) is 67.0 Å². The highest BCUT2D eigenvalue weighted by atomic mass is 32.2. The van der Waals surface area contributed by atoms with Crippen molar-refractivity contribution in [2.45, 2.75) is 184 Å².